The minimum Gasteiger partial charge on any atom is -0.374 e. The molecular formula is C14H24N2OS. The van der Waals surface area contributed by atoms with Crippen molar-refractivity contribution in [2.75, 3.05) is 33.3 Å². The lowest BCUT2D eigenvalue weighted by Gasteiger charge is -2.37. The Labute approximate surface area is 114 Å². The van der Waals surface area contributed by atoms with Crippen LogP contribution in [0.2, 0.25) is 0 Å². The molecule has 0 radical (unpaired) electrons. The van der Waals surface area contributed by atoms with E-state index in [0.717, 1.165) is 19.7 Å². The molecule has 2 atom stereocenters. The summed E-state index contributed by atoms with van der Waals surface area (Å²) >= 11 is 1.81. The molecular weight excluding hydrogens is 244 g/mol. The Morgan fingerprint density at radius 1 is 1.61 bits per heavy atom. The second-order valence-corrected chi connectivity index (χ2v) is 6.03. The lowest BCUT2D eigenvalue weighted by molar-refractivity contribution is -0.0459. The van der Waals surface area contributed by atoms with Crippen LogP contribution in [-0.2, 0) is 4.74 Å². The van der Waals surface area contributed by atoms with Crippen molar-refractivity contribution in [3.63, 3.8) is 0 Å². The summed E-state index contributed by atoms with van der Waals surface area (Å²) in [5, 5.41) is 5.60. The maximum absolute atomic E-state index is 5.99. The van der Waals surface area contributed by atoms with E-state index >= 15 is 0 Å². The second-order valence-electron chi connectivity index (χ2n) is 4.91. The molecule has 0 bridgehead atoms. The molecule has 0 aliphatic carbocycles. The highest BCUT2D eigenvalue weighted by molar-refractivity contribution is 7.10. The zero-order valence-electron chi connectivity index (χ0n) is 11.6. The van der Waals surface area contributed by atoms with Crippen molar-refractivity contribution in [3.05, 3.63) is 21.9 Å². The van der Waals surface area contributed by atoms with Crippen LogP contribution in [0.15, 0.2) is 11.4 Å². The van der Waals surface area contributed by atoms with Crippen molar-refractivity contribution in [1.82, 2.24) is 10.2 Å². The largest absolute Gasteiger partial charge is 0.374 e. The zero-order valence-corrected chi connectivity index (χ0v) is 12.4. The van der Waals surface area contributed by atoms with Crippen LogP contribution in [0.3, 0.4) is 0 Å². The van der Waals surface area contributed by atoms with Crippen molar-refractivity contribution in [2.24, 2.45) is 0 Å². The number of likely N-dealkylation sites (N-methyl/N-ethyl adjacent to an activating group) is 1. The molecule has 1 N–H and O–H groups in total. The van der Waals surface area contributed by atoms with Gasteiger partial charge in [-0.15, -0.1) is 11.3 Å². The summed E-state index contributed by atoms with van der Waals surface area (Å²) in [6.07, 6.45) is 1.48. The van der Waals surface area contributed by atoms with E-state index in [1.54, 1.807) is 0 Å². The number of nitrogens with one attached hydrogen (secondary N) is 1. The molecule has 4 heteroatoms. The van der Waals surface area contributed by atoms with E-state index in [4.69, 9.17) is 4.74 Å². The first-order valence-corrected chi connectivity index (χ1v) is 7.69. The molecule has 102 valence electrons. The van der Waals surface area contributed by atoms with Crippen LogP contribution >= 0.6 is 11.3 Å². The molecule has 1 aliphatic heterocycles. The van der Waals surface area contributed by atoms with Crippen LogP contribution in [0.1, 0.15) is 29.8 Å². The highest BCUT2D eigenvalue weighted by Crippen LogP contribution is 2.27. The van der Waals surface area contributed by atoms with E-state index < -0.39 is 0 Å². The van der Waals surface area contributed by atoms with E-state index in [1.807, 2.05) is 18.4 Å². The fourth-order valence-corrected chi connectivity index (χ4v) is 3.46. The van der Waals surface area contributed by atoms with Gasteiger partial charge in [-0.3, -0.25) is 4.90 Å². The van der Waals surface area contributed by atoms with Gasteiger partial charge in [0.05, 0.1) is 18.8 Å². The monoisotopic (exact) mass is 268 g/mol. The van der Waals surface area contributed by atoms with Crippen LogP contribution in [0, 0.1) is 6.92 Å². The quantitative estimate of drug-likeness (QED) is 0.887. The number of thiophene rings is 1. The Balaban J connectivity index is 2.06. The molecule has 0 saturated carbocycles. The van der Waals surface area contributed by atoms with Gasteiger partial charge >= 0.3 is 0 Å². The van der Waals surface area contributed by atoms with Gasteiger partial charge in [0.25, 0.3) is 0 Å². The first kappa shape index (κ1) is 14.0. The number of aryl methyl sites for hydroxylation is 1. The molecule has 3 nitrogen and oxygen atoms in total. The summed E-state index contributed by atoms with van der Waals surface area (Å²) in [7, 11) is 2.03. The summed E-state index contributed by atoms with van der Waals surface area (Å²) in [5.74, 6) is 0. The third kappa shape index (κ3) is 3.12. The number of nitrogens with zero attached hydrogens (tertiary/aromatic N) is 1. The Hall–Kier alpha value is -0.420. The molecule has 1 aliphatic rings. The van der Waals surface area contributed by atoms with Crippen molar-refractivity contribution in [2.45, 2.75) is 32.4 Å². The fourth-order valence-electron chi connectivity index (χ4n) is 2.71. The third-order valence-electron chi connectivity index (χ3n) is 3.63. The number of hydrogen-bond donors (Lipinski definition) is 1. The van der Waals surface area contributed by atoms with Crippen LogP contribution < -0.4 is 5.32 Å². The first-order chi connectivity index (χ1) is 8.76. The van der Waals surface area contributed by atoms with Gasteiger partial charge in [-0.05, 0) is 43.9 Å². The zero-order chi connectivity index (χ0) is 13.0. The number of hydrogen-bond acceptors (Lipinski definition) is 4. The molecule has 2 unspecified atom stereocenters. The minimum atomic E-state index is 0.267. The second kappa shape index (κ2) is 6.66. The molecule has 1 fully saturated rings. The van der Waals surface area contributed by atoms with Gasteiger partial charge in [-0.2, -0.15) is 0 Å². The summed E-state index contributed by atoms with van der Waals surface area (Å²) in [6, 6.07) is 2.54. The van der Waals surface area contributed by atoms with E-state index in [9.17, 15) is 0 Å². The van der Waals surface area contributed by atoms with Crippen LogP contribution in [-0.4, -0.2) is 44.3 Å². The average Bonchev–Trinajstić information content (AvgIpc) is 2.78. The fraction of sp³-hybridized carbons (Fsp3) is 0.714. The van der Waals surface area contributed by atoms with Crippen molar-refractivity contribution >= 4 is 11.3 Å². The van der Waals surface area contributed by atoms with Crippen LogP contribution in [0.5, 0.6) is 0 Å². The smallest absolute Gasteiger partial charge is 0.0897 e. The molecule has 0 amide bonds. The van der Waals surface area contributed by atoms with Crippen molar-refractivity contribution < 1.29 is 4.74 Å². The molecule has 1 saturated heterocycles. The molecule has 1 aromatic heterocycles. The maximum atomic E-state index is 5.99. The van der Waals surface area contributed by atoms with E-state index in [2.05, 4.69) is 35.5 Å². The van der Waals surface area contributed by atoms with E-state index in [-0.39, 0.29) is 6.10 Å². The van der Waals surface area contributed by atoms with Gasteiger partial charge in [0.15, 0.2) is 0 Å². The summed E-state index contributed by atoms with van der Waals surface area (Å²) in [5.41, 5.74) is 1.39. The molecule has 0 spiro atoms. The molecule has 1 aromatic rings. The highest BCUT2D eigenvalue weighted by atomic mass is 32.1. The lowest BCUT2D eigenvalue weighted by atomic mass is 10.0. The third-order valence-corrected chi connectivity index (χ3v) is 4.50. The molecule has 0 aromatic carbocycles. The Kier molecular flexibility index (Phi) is 5.18. The molecule has 18 heavy (non-hydrogen) atoms. The summed E-state index contributed by atoms with van der Waals surface area (Å²) in [6.45, 7) is 8.57. The maximum Gasteiger partial charge on any atom is 0.0897 e. The van der Waals surface area contributed by atoms with E-state index in [1.165, 1.54) is 23.4 Å². The number of morpholine rings is 1. The standard InChI is InChI=1S/C14H24N2OS/c1-4-6-16-7-8-17-13(10-16)14(15-3)12-5-9-18-11(12)2/h5,9,13-15H,4,6-8,10H2,1-3H3. The van der Waals surface area contributed by atoms with Gasteiger partial charge in [0.2, 0.25) is 0 Å². The lowest BCUT2D eigenvalue weighted by Crippen LogP contribution is -2.47. The summed E-state index contributed by atoms with van der Waals surface area (Å²) in [4.78, 5) is 3.91. The topological polar surface area (TPSA) is 24.5 Å². The minimum absolute atomic E-state index is 0.267. The van der Waals surface area contributed by atoms with Crippen molar-refractivity contribution in [3.8, 4) is 0 Å². The first-order valence-electron chi connectivity index (χ1n) is 6.81. The van der Waals surface area contributed by atoms with Crippen molar-refractivity contribution in [1.29, 1.82) is 0 Å². The SMILES string of the molecule is CCCN1CCOC(C(NC)c2ccsc2C)C1. The average molecular weight is 268 g/mol. The predicted molar refractivity (Wildman–Crippen MR) is 77.3 cm³/mol. The number of ether oxygens (including phenoxy) is 1. The Morgan fingerprint density at radius 2 is 2.44 bits per heavy atom. The summed E-state index contributed by atoms with van der Waals surface area (Å²) < 4.78 is 5.99. The van der Waals surface area contributed by atoms with Gasteiger partial charge in [0, 0.05) is 18.0 Å². The highest BCUT2D eigenvalue weighted by Gasteiger charge is 2.29. The van der Waals surface area contributed by atoms with Crippen LogP contribution in [0.25, 0.3) is 0 Å². The van der Waals surface area contributed by atoms with Crippen LogP contribution in [0.4, 0.5) is 0 Å². The van der Waals surface area contributed by atoms with Gasteiger partial charge in [-0.25, -0.2) is 0 Å². The molecule has 2 rings (SSSR count). The van der Waals surface area contributed by atoms with Gasteiger partial charge < -0.3 is 10.1 Å². The van der Waals surface area contributed by atoms with Gasteiger partial charge in [-0.1, -0.05) is 6.92 Å². The van der Waals surface area contributed by atoms with E-state index in [0.29, 0.717) is 6.04 Å². The Morgan fingerprint density at radius 3 is 3.06 bits per heavy atom. The van der Waals surface area contributed by atoms with Gasteiger partial charge in [0.1, 0.15) is 0 Å². The predicted octanol–water partition coefficient (Wildman–Crippen LogP) is 2.43. The number of rotatable bonds is 5. The molecule has 2 heterocycles. The normalized spacial score (nSPS) is 23.2. The Bertz CT molecular complexity index is 364.